The molecule has 4 heteroatoms. The van der Waals surface area contributed by atoms with E-state index >= 15 is 0 Å². The summed E-state index contributed by atoms with van der Waals surface area (Å²) in [6.07, 6.45) is 3.14. The maximum atomic E-state index is 12.9. The van der Waals surface area contributed by atoms with Gasteiger partial charge in [0.25, 0.3) is 0 Å². The third kappa shape index (κ3) is 4.17. The number of aryl methyl sites for hydroxylation is 1. The quantitative estimate of drug-likeness (QED) is 0.654. The van der Waals surface area contributed by atoms with Crippen LogP contribution in [0.1, 0.15) is 24.0 Å². The Morgan fingerprint density at radius 2 is 1.64 bits per heavy atom. The number of nitrogens with one attached hydrogen (secondary N) is 1. The van der Waals surface area contributed by atoms with Crippen LogP contribution < -0.4 is 15.0 Å². The van der Waals surface area contributed by atoms with Gasteiger partial charge in [-0.3, -0.25) is 4.90 Å². The van der Waals surface area contributed by atoms with Crippen LogP contribution in [0.2, 0.25) is 0 Å². The number of para-hydroxylation sites is 3. The van der Waals surface area contributed by atoms with Crippen molar-refractivity contribution in [2.24, 2.45) is 0 Å². The van der Waals surface area contributed by atoms with Crippen LogP contribution in [0.4, 0.5) is 10.5 Å². The first-order chi connectivity index (χ1) is 13.8. The fourth-order valence-electron chi connectivity index (χ4n) is 3.53. The van der Waals surface area contributed by atoms with E-state index in [0.717, 1.165) is 48.6 Å². The molecular weight excluding hydrogens is 348 g/mol. The first kappa shape index (κ1) is 18.1. The van der Waals surface area contributed by atoms with Gasteiger partial charge in [0.05, 0.1) is 0 Å². The van der Waals surface area contributed by atoms with Gasteiger partial charge in [0.15, 0.2) is 0 Å². The molecule has 0 saturated heterocycles. The van der Waals surface area contributed by atoms with Crippen molar-refractivity contribution in [2.45, 2.75) is 25.8 Å². The number of anilines is 1. The Balaban J connectivity index is 1.47. The second-order valence-electron chi connectivity index (χ2n) is 6.92. The monoisotopic (exact) mass is 372 g/mol. The zero-order chi connectivity index (χ0) is 19.2. The predicted molar refractivity (Wildman–Crippen MR) is 112 cm³/mol. The minimum absolute atomic E-state index is 0.0659. The standard InChI is InChI=1S/C24H24N2O2/c27-24(26-17-9-8-11-19-10-4-6-15-22(19)26)25-18-20-12-5-7-16-23(20)28-21-13-2-1-3-14-21/h1-7,10,12-16H,8-9,11,17-18H2,(H,25,27). The van der Waals surface area contributed by atoms with Gasteiger partial charge in [-0.1, -0.05) is 54.6 Å². The van der Waals surface area contributed by atoms with E-state index in [1.165, 1.54) is 5.56 Å². The van der Waals surface area contributed by atoms with Crippen LogP contribution in [-0.2, 0) is 13.0 Å². The summed E-state index contributed by atoms with van der Waals surface area (Å²) in [5.74, 6) is 1.54. The highest BCUT2D eigenvalue weighted by molar-refractivity contribution is 5.93. The summed E-state index contributed by atoms with van der Waals surface area (Å²) in [6, 6.07) is 25.6. The molecule has 142 valence electrons. The molecule has 0 saturated carbocycles. The van der Waals surface area contributed by atoms with Gasteiger partial charge in [0.2, 0.25) is 0 Å². The highest BCUT2D eigenvalue weighted by Gasteiger charge is 2.20. The van der Waals surface area contributed by atoms with Crippen molar-refractivity contribution in [1.82, 2.24) is 5.32 Å². The second-order valence-corrected chi connectivity index (χ2v) is 6.92. The number of urea groups is 1. The van der Waals surface area contributed by atoms with E-state index in [2.05, 4.69) is 11.4 Å². The molecule has 3 aromatic carbocycles. The van der Waals surface area contributed by atoms with Crippen molar-refractivity contribution < 1.29 is 9.53 Å². The summed E-state index contributed by atoms with van der Waals surface area (Å²) < 4.78 is 6.00. The summed E-state index contributed by atoms with van der Waals surface area (Å²) in [5, 5.41) is 3.07. The third-order valence-corrected chi connectivity index (χ3v) is 4.98. The lowest BCUT2D eigenvalue weighted by molar-refractivity contribution is 0.246. The van der Waals surface area contributed by atoms with Crippen molar-refractivity contribution in [3.8, 4) is 11.5 Å². The number of rotatable bonds is 4. The normalized spacial score (nSPS) is 13.4. The minimum atomic E-state index is -0.0659. The molecular formula is C24H24N2O2. The number of carbonyl (C=O) groups excluding carboxylic acids is 1. The van der Waals surface area contributed by atoms with Gasteiger partial charge in [-0.2, -0.15) is 0 Å². The van der Waals surface area contributed by atoms with Crippen LogP contribution in [0.25, 0.3) is 0 Å². The number of carbonyl (C=O) groups is 1. The van der Waals surface area contributed by atoms with Crippen molar-refractivity contribution in [1.29, 1.82) is 0 Å². The second kappa shape index (κ2) is 8.61. The lowest BCUT2D eigenvalue weighted by Crippen LogP contribution is -2.40. The number of amides is 2. The van der Waals surface area contributed by atoms with Gasteiger partial charge in [0, 0.05) is 24.3 Å². The van der Waals surface area contributed by atoms with E-state index in [1.54, 1.807) is 0 Å². The van der Waals surface area contributed by atoms with Gasteiger partial charge < -0.3 is 10.1 Å². The van der Waals surface area contributed by atoms with E-state index in [4.69, 9.17) is 4.74 Å². The molecule has 1 aliphatic rings. The molecule has 1 N–H and O–H groups in total. The van der Waals surface area contributed by atoms with E-state index < -0.39 is 0 Å². The maximum absolute atomic E-state index is 12.9. The predicted octanol–water partition coefficient (Wildman–Crippen LogP) is 5.53. The van der Waals surface area contributed by atoms with Crippen LogP contribution in [0.15, 0.2) is 78.9 Å². The molecule has 4 rings (SSSR count). The Kier molecular flexibility index (Phi) is 5.57. The first-order valence-electron chi connectivity index (χ1n) is 9.75. The molecule has 0 aliphatic carbocycles. The third-order valence-electron chi connectivity index (χ3n) is 4.98. The number of fused-ring (bicyclic) bond motifs is 1. The average molecular weight is 372 g/mol. The number of benzene rings is 3. The molecule has 0 bridgehead atoms. The molecule has 4 nitrogen and oxygen atoms in total. The van der Waals surface area contributed by atoms with Gasteiger partial charge in [-0.05, 0) is 49.1 Å². The maximum Gasteiger partial charge on any atom is 0.322 e. The molecule has 0 radical (unpaired) electrons. The smallest absolute Gasteiger partial charge is 0.322 e. The fraction of sp³-hybridized carbons (Fsp3) is 0.208. The van der Waals surface area contributed by atoms with Crippen LogP contribution in [-0.4, -0.2) is 12.6 Å². The highest BCUT2D eigenvalue weighted by Crippen LogP contribution is 2.27. The molecule has 0 unspecified atom stereocenters. The molecule has 28 heavy (non-hydrogen) atoms. The molecule has 1 aliphatic heterocycles. The van der Waals surface area contributed by atoms with Crippen LogP contribution in [0.5, 0.6) is 11.5 Å². The molecule has 1 heterocycles. The fourth-order valence-corrected chi connectivity index (χ4v) is 3.53. The van der Waals surface area contributed by atoms with E-state index in [9.17, 15) is 4.79 Å². The summed E-state index contributed by atoms with van der Waals surface area (Å²) in [7, 11) is 0. The SMILES string of the molecule is O=C(NCc1ccccc1Oc1ccccc1)N1CCCCc2ccccc21. The van der Waals surface area contributed by atoms with Crippen LogP contribution >= 0.6 is 0 Å². The van der Waals surface area contributed by atoms with Crippen molar-refractivity contribution in [2.75, 3.05) is 11.4 Å². The van der Waals surface area contributed by atoms with Crippen molar-refractivity contribution >= 4 is 11.7 Å². The zero-order valence-electron chi connectivity index (χ0n) is 15.8. The molecule has 0 fully saturated rings. The Hall–Kier alpha value is -3.27. The van der Waals surface area contributed by atoms with Crippen LogP contribution in [0, 0.1) is 0 Å². The molecule has 2 amide bonds. The van der Waals surface area contributed by atoms with Gasteiger partial charge in [0.1, 0.15) is 11.5 Å². The van der Waals surface area contributed by atoms with Crippen molar-refractivity contribution in [3.05, 3.63) is 90.0 Å². The van der Waals surface area contributed by atoms with Crippen LogP contribution in [0.3, 0.4) is 0 Å². The highest BCUT2D eigenvalue weighted by atomic mass is 16.5. The molecule has 0 atom stereocenters. The summed E-state index contributed by atoms with van der Waals surface area (Å²) in [4.78, 5) is 14.8. The minimum Gasteiger partial charge on any atom is -0.457 e. The number of hydrogen-bond donors (Lipinski definition) is 1. The zero-order valence-corrected chi connectivity index (χ0v) is 15.8. The lowest BCUT2D eigenvalue weighted by Gasteiger charge is -2.23. The van der Waals surface area contributed by atoms with E-state index in [-0.39, 0.29) is 6.03 Å². The Labute approximate surface area is 165 Å². The largest absolute Gasteiger partial charge is 0.457 e. The van der Waals surface area contributed by atoms with E-state index in [1.807, 2.05) is 77.7 Å². The Morgan fingerprint density at radius 3 is 2.54 bits per heavy atom. The molecule has 0 spiro atoms. The van der Waals surface area contributed by atoms with Gasteiger partial charge in [-0.25, -0.2) is 4.79 Å². The Morgan fingerprint density at radius 1 is 0.893 bits per heavy atom. The molecule has 0 aromatic heterocycles. The Bertz CT molecular complexity index is 940. The number of hydrogen-bond acceptors (Lipinski definition) is 2. The van der Waals surface area contributed by atoms with Crippen molar-refractivity contribution in [3.63, 3.8) is 0 Å². The van der Waals surface area contributed by atoms with Gasteiger partial charge >= 0.3 is 6.03 Å². The topological polar surface area (TPSA) is 41.6 Å². The summed E-state index contributed by atoms with van der Waals surface area (Å²) in [6.45, 7) is 1.16. The average Bonchev–Trinajstić information content (AvgIpc) is 2.96. The number of nitrogens with zero attached hydrogens (tertiary/aromatic N) is 1. The van der Waals surface area contributed by atoms with E-state index in [0.29, 0.717) is 6.54 Å². The summed E-state index contributed by atoms with van der Waals surface area (Å²) in [5.41, 5.74) is 3.21. The molecule has 3 aromatic rings. The number of ether oxygens (including phenoxy) is 1. The summed E-state index contributed by atoms with van der Waals surface area (Å²) >= 11 is 0. The lowest BCUT2D eigenvalue weighted by atomic mass is 10.1. The first-order valence-corrected chi connectivity index (χ1v) is 9.75. The van der Waals surface area contributed by atoms with Gasteiger partial charge in [-0.15, -0.1) is 0 Å².